The first-order chi connectivity index (χ1) is 11.6. The minimum atomic E-state index is -0.00281. The fraction of sp³-hybridized carbons (Fsp3) is 0.294. The molecule has 0 saturated carbocycles. The van der Waals surface area contributed by atoms with Crippen molar-refractivity contribution in [3.8, 4) is 5.75 Å². The van der Waals surface area contributed by atoms with Crippen molar-refractivity contribution in [2.75, 3.05) is 37.7 Å². The maximum atomic E-state index is 12.3. The smallest absolute Gasteiger partial charge is 0.260 e. The predicted molar refractivity (Wildman–Crippen MR) is 97.7 cm³/mol. The second-order valence-corrected chi connectivity index (χ2v) is 6.82. The summed E-state index contributed by atoms with van der Waals surface area (Å²) in [7, 11) is 0. The quantitative estimate of drug-likeness (QED) is 0.776. The van der Waals surface area contributed by atoms with Gasteiger partial charge in [0.25, 0.3) is 5.91 Å². The van der Waals surface area contributed by atoms with Crippen molar-refractivity contribution in [1.82, 2.24) is 9.88 Å². The zero-order chi connectivity index (χ0) is 16.9. The Bertz CT molecular complexity index is 703. The molecule has 24 heavy (non-hydrogen) atoms. The molecule has 7 heteroatoms. The molecule has 0 bridgehead atoms. The van der Waals surface area contributed by atoms with Crippen LogP contribution >= 0.6 is 27.5 Å². The Balaban J connectivity index is 1.49. The molecular formula is C17H17BrClN3O2. The summed E-state index contributed by atoms with van der Waals surface area (Å²) in [5.74, 6) is 0.642. The fourth-order valence-electron chi connectivity index (χ4n) is 2.55. The number of hydrogen-bond donors (Lipinski definition) is 0. The number of carbonyl (C=O) groups is 1. The van der Waals surface area contributed by atoms with E-state index in [0.717, 1.165) is 23.2 Å². The average Bonchev–Trinajstić information content (AvgIpc) is 2.61. The predicted octanol–water partition coefficient (Wildman–Crippen LogP) is 3.23. The zero-order valence-corrected chi connectivity index (χ0v) is 15.3. The van der Waals surface area contributed by atoms with E-state index >= 15 is 0 Å². The molecule has 1 fully saturated rings. The van der Waals surface area contributed by atoms with Crippen LogP contribution in [0.1, 0.15) is 0 Å². The molecular weight excluding hydrogens is 394 g/mol. The summed E-state index contributed by atoms with van der Waals surface area (Å²) in [6.45, 7) is 2.96. The van der Waals surface area contributed by atoms with Crippen molar-refractivity contribution in [3.05, 3.63) is 52.2 Å². The van der Waals surface area contributed by atoms with Crippen molar-refractivity contribution in [1.29, 1.82) is 0 Å². The number of rotatable bonds is 4. The van der Waals surface area contributed by atoms with Crippen LogP contribution in [0.5, 0.6) is 5.75 Å². The number of halogens is 2. The lowest BCUT2D eigenvalue weighted by Gasteiger charge is -2.35. The molecule has 1 amide bonds. The molecule has 126 valence electrons. The first kappa shape index (κ1) is 17.0. The van der Waals surface area contributed by atoms with Crippen LogP contribution in [0.3, 0.4) is 0 Å². The average molecular weight is 411 g/mol. The summed E-state index contributed by atoms with van der Waals surface area (Å²) in [4.78, 5) is 20.5. The minimum Gasteiger partial charge on any atom is -0.484 e. The number of anilines is 1. The highest BCUT2D eigenvalue weighted by molar-refractivity contribution is 9.10. The standard InChI is InChI=1S/C17H17BrClN3O2/c18-13-9-15(11-20-10-13)21-5-7-22(8-6-21)17(23)12-24-16-3-1-14(19)2-4-16/h1-4,9-11H,5-8,12H2. The molecule has 0 unspecified atom stereocenters. The Hall–Kier alpha value is -1.79. The van der Waals surface area contributed by atoms with Gasteiger partial charge in [0, 0.05) is 41.9 Å². The van der Waals surface area contributed by atoms with Gasteiger partial charge in [-0.15, -0.1) is 0 Å². The van der Waals surface area contributed by atoms with Gasteiger partial charge in [-0.3, -0.25) is 9.78 Å². The maximum absolute atomic E-state index is 12.3. The maximum Gasteiger partial charge on any atom is 0.260 e. The second-order valence-electron chi connectivity index (χ2n) is 5.47. The number of benzene rings is 1. The molecule has 0 aliphatic carbocycles. The lowest BCUT2D eigenvalue weighted by atomic mass is 10.2. The number of piperazine rings is 1. The van der Waals surface area contributed by atoms with Gasteiger partial charge in [-0.25, -0.2) is 0 Å². The third kappa shape index (κ3) is 4.39. The number of aromatic nitrogens is 1. The first-order valence-electron chi connectivity index (χ1n) is 7.63. The van der Waals surface area contributed by atoms with Crippen LogP contribution in [0.25, 0.3) is 0 Å². The Morgan fingerprint density at radius 1 is 1.17 bits per heavy atom. The molecule has 1 aliphatic heterocycles. The number of pyridine rings is 1. The summed E-state index contributed by atoms with van der Waals surface area (Å²) in [5.41, 5.74) is 1.06. The summed E-state index contributed by atoms with van der Waals surface area (Å²) in [5, 5.41) is 0.645. The molecule has 1 aromatic carbocycles. The lowest BCUT2D eigenvalue weighted by Crippen LogP contribution is -2.50. The van der Waals surface area contributed by atoms with Crippen molar-refractivity contribution in [2.24, 2.45) is 0 Å². The molecule has 1 aliphatic rings. The lowest BCUT2D eigenvalue weighted by molar-refractivity contribution is -0.133. The number of ether oxygens (including phenoxy) is 1. The van der Waals surface area contributed by atoms with Gasteiger partial charge < -0.3 is 14.5 Å². The third-order valence-electron chi connectivity index (χ3n) is 3.86. The Morgan fingerprint density at radius 3 is 2.54 bits per heavy atom. The van der Waals surface area contributed by atoms with Gasteiger partial charge in [0.1, 0.15) is 5.75 Å². The SMILES string of the molecule is O=C(COc1ccc(Cl)cc1)N1CCN(c2cncc(Br)c2)CC1. The summed E-state index contributed by atoms with van der Waals surface area (Å²) in [6.07, 6.45) is 3.60. The molecule has 0 N–H and O–H groups in total. The van der Waals surface area contributed by atoms with E-state index < -0.39 is 0 Å². The molecule has 1 saturated heterocycles. The molecule has 2 aromatic rings. The van der Waals surface area contributed by atoms with Crippen LogP contribution < -0.4 is 9.64 Å². The molecule has 2 heterocycles. The van der Waals surface area contributed by atoms with Crippen LogP contribution in [0.15, 0.2) is 47.2 Å². The van der Waals surface area contributed by atoms with Gasteiger partial charge in [-0.1, -0.05) is 11.6 Å². The van der Waals surface area contributed by atoms with E-state index in [1.54, 1.807) is 30.5 Å². The molecule has 1 aromatic heterocycles. The molecule has 3 rings (SSSR count). The van der Waals surface area contributed by atoms with Gasteiger partial charge in [0.2, 0.25) is 0 Å². The van der Waals surface area contributed by atoms with Gasteiger partial charge in [-0.05, 0) is 46.3 Å². The van der Waals surface area contributed by atoms with Crippen LogP contribution in [0, 0.1) is 0 Å². The number of carbonyl (C=O) groups excluding carboxylic acids is 1. The van der Waals surface area contributed by atoms with Crippen LogP contribution in [0.4, 0.5) is 5.69 Å². The largest absolute Gasteiger partial charge is 0.484 e. The summed E-state index contributed by atoms with van der Waals surface area (Å²) < 4.78 is 6.48. The highest BCUT2D eigenvalue weighted by atomic mass is 79.9. The van der Waals surface area contributed by atoms with Gasteiger partial charge in [0.05, 0.1) is 11.9 Å². The third-order valence-corrected chi connectivity index (χ3v) is 4.55. The van der Waals surface area contributed by atoms with E-state index in [2.05, 4.69) is 25.8 Å². The van der Waals surface area contributed by atoms with Gasteiger partial charge in [0.15, 0.2) is 6.61 Å². The Morgan fingerprint density at radius 2 is 1.88 bits per heavy atom. The molecule has 0 radical (unpaired) electrons. The molecule has 0 atom stereocenters. The van der Waals surface area contributed by atoms with Crippen LogP contribution in [-0.2, 0) is 4.79 Å². The van der Waals surface area contributed by atoms with E-state index in [9.17, 15) is 4.79 Å². The fourth-order valence-corrected chi connectivity index (χ4v) is 3.03. The zero-order valence-electron chi connectivity index (χ0n) is 13.0. The van der Waals surface area contributed by atoms with Crippen molar-refractivity contribution in [3.63, 3.8) is 0 Å². The minimum absolute atomic E-state index is 0.00281. The number of nitrogens with zero attached hydrogens (tertiary/aromatic N) is 3. The highest BCUT2D eigenvalue weighted by Crippen LogP contribution is 2.20. The van der Waals surface area contributed by atoms with Crippen LogP contribution in [-0.4, -0.2) is 48.6 Å². The van der Waals surface area contributed by atoms with E-state index in [4.69, 9.17) is 16.3 Å². The molecule has 5 nitrogen and oxygen atoms in total. The topological polar surface area (TPSA) is 45.7 Å². The highest BCUT2D eigenvalue weighted by Gasteiger charge is 2.21. The molecule has 0 spiro atoms. The van der Waals surface area contributed by atoms with Gasteiger partial charge in [-0.2, -0.15) is 0 Å². The summed E-state index contributed by atoms with van der Waals surface area (Å²) in [6, 6.07) is 9.04. The first-order valence-corrected chi connectivity index (χ1v) is 8.80. The van der Waals surface area contributed by atoms with Crippen LogP contribution in [0.2, 0.25) is 5.02 Å². The number of amides is 1. The van der Waals surface area contributed by atoms with E-state index in [-0.39, 0.29) is 12.5 Å². The Kier molecular flexibility index (Phi) is 5.58. The summed E-state index contributed by atoms with van der Waals surface area (Å²) >= 11 is 9.26. The van der Waals surface area contributed by atoms with Crippen molar-refractivity contribution in [2.45, 2.75) is 0 Å². The van der Waals surface area contributed by atoms with E-state index in [0.29, 0.717) is 23.9 Å². The van der Waals surface area contributed by atoms with E-state index in [1.165, 1.54) is 0 Å². The number of hydrogen-bond acceptors (Lipinski definition) is 4. The Labute approximate surface area is 154 Å². The van der Waals surface area contributed by atoms with E-state index in [1.807, 2.05) is 17.2 Å². The van der Waals surface area contributed by atoms with Crippen molar-refractivity contribution < 1.29 is 9.53 Å². The normalized spacial score (nSPS) is 14.6. The monoisotopic (exact) mass is 409 g/mol. The van der Waals surface area contributed by atoms with Crippen molar-refractivity contribution >= 4 is 39.1 Å². The van der Waals surface area contributed by atoms with Gasteiger partial charge >= 0.3 is 0 Å². The second kappa shape index (κ2) is 7.85.